The zero-order valence-corrected chi connectivity index (χ0v) is 13.9. The molecule has 3 rings (SSSR count). The third-order valence-electron chi connectivity index (χ3n) is 5.56. The lowest BCUT2D eigenvalue weighted by molar-refractivity contribution is -0.132. The molecule has 0 radical (unpaired) electrons. The van der Waals surface area contributed by atoms with Gasteiger partial charge in [-0.25, -0.2) is 12.7 Å². The van der Waals surface area contributed by atoms with Gasteiger partial charge in [0.15, 0.2) is 0 Å². The molecule has 1 amide bonds. The van der Waals surface area contributed by atoms with Crippen molar-refractivity contribution in [3.63, 3.8) is 0 Å². The highest BCUT2D eigenvalue weighted by molar-refractivity contribution is 7.89. The summed E-state index contributed by atoms with van der Waals surface area (Å²) in [4.78, 5) is 14.6. The van der Waals surface area contributed by atoms with E-state index in [1.54, 1.807) is 0 Å². The number of sulfonamides is 1. The number of likely N-dealkylation sites (tertiary alicyclic amines) is 1. The number of carbonyl (C=O) groups is 1. The smallest absolute Gasteiger partial charge is 0.224 e. The van der Waals surface area contributed by atoms with E-state index < -0.39 is 10.0 Å². The summed E-state index contributed by atoms with van der Waals surface area (Å²) in [5.74, 6) is 0.999. The van der Waals surface area contributed by atoms with Crippen LogP contribution in [-0.4, -0.2) is 55.0 Å². The second-order valence-corrected chi connectivity index (χ2v) is 9.52. The first kappa shape index (κ1) is 15.3. The van der Waals surface area contributed by atoms with Gasteiger partial charge >= 0.3 is 0 Å². The van der Waals surface area contributed by atoms with Crippen molar-refractivity contribution in [3.8, 4) is 0 Å². The molecule has 5 nitrogen and oxygen atoms in total. The van der Waals surface area contributed by atoms with Crippen LogP contribution >= 0.6 is 0 Å². The molecule has 2 aliphatic heterocycles. The largest absolute Gasteiger partial charge is 0.339 e. The van der Waals surface area contributed by atoms with Gasteiger partial charge in [0.25, 0.3) is 0 Å². The average molecular weight is 314 g/mol. The van der Waals surface area contributed by atoms with Crippen molar-refractivity contribution in [3.05, 3.63) is 0 Å². The van der Waals surface area contributed by atoms with Gasteiger partial charge in [-0.05, 0) is 30.6 Å². The molecule has 2 atom stereocenters. The van der Waals surface area contributed by atoms with Crippen molar-refractivity contribution >= 4 is 15.9 Å². The first-order valence-electron chi connectivity index (χ1n) is 8.08. The zero-order valence-electron chi connectivity index (χ0n) is 13.0. The molecule has 1 aliphatic carbocycles. The summed E-state index contributed by atoms with van der Waals surface area (Å²) in [5, 5.41) is 0. The quantitative estimate of drug-likeness (QED) is 0.792. The van der Waals surface area contributed by atoms with Crippen LogP contribution in [0.1, 0.15) is 46.0 Å². The second-order valence-electron chi connectivity index (χ2n) is 7.43. The Balaban J connectivity index is 1.61. The Morgan fingerprint density at radius 1 is 1.24 bits per heavy atom. The number of carbonyl (C=O) groups excluding carboxylic acids is 1. The Bertz CT molecular complexity index is 529. The molecule has 0 N–H and O–H groups in total. The molecule has 6 heteroatoms. The van der Waals surface area contributed by atoms with Crippen LogP contribution in [-0.2, 0) is 14.8 Å². The number of amides is 1. The maximum absolute atomic E-state index is 12.5. The number of nitrogens with zero attached hydrogens (tertiary/aromatic N) is 2. The fourth-order valence-corrected chi connectivity index (χ4v) is 6.01. The maximum Gasteiger partial charge on any atom is 0.224 e. The van der Waals surface area contributed by atoms with Crippen LogP contribution in [0, 0.1) is 11.3 Å². The third-order valence-corrected chi connectivity index (χ3v) is 7.52. The van der Waals surface area contributed by atoms with E-state index >= 15 is 0 Å². The van der Waals surface area contributed by atoms with Gasteiger partial charge in [-0.3, -0.25) is 4.79 Å². The molecule has 0 bridgehead atoms. The van der Waals surface area contributed by atoms with Gasteiger partial charge in [0.2, 0.25) is 15.9 Å². The fourth-order valence-electron chi connectivity index (χ4n) is 4.48. The fraction of sp³-hybridized carbons (Fsp3) is 0.933. The van der Waals surface area contributed by atoms with Crippen molar-refractivity contribution in [2.45, 2.75) is 52.0 Å². The van der Waals surface area contributed by atoms with E-state index in [2.05, 4.69) is 13.8 Å². The molecule has 3 fully saturated rings. The van der Waals surface area contributed by atoms with Crippen molar-refractivity contribution in [1.29, 1.82) is 0 Å². The summed E-state index contributed by atoms with van der Waals surface area (Å²) in [7, 11) is -3.08. The van der Waals surface area contributed by atoms with E-state index in [0.29, 0.717) is 37.9 Å². The summed E-state index contributed by atoms with van der Waals surface area (Å²) in [6.45, 7) is 6.28. The van der Waals surface area contributed by atoms with E-state index in [-0.39, 0.29) is 17.1 Å². The predicted molar refractivity (Wildman–Crippen MR) is 81.2 cm³/mol. The summed E-state index contributed by atoms with van der Waals surface area (Å²) in [6, 6.07) is 0.391. The van der Waals surface area contributed by atoms with Gasteiger partial charge in [-0.15, -0.1) is 0 Å². The molecule has 0 spiro atoms. The third kappa shape index (κ3) is 2.72. The molecule has 2 saturated heterocycles. The highest BCUT2D eigenvalue weighted by Gasteiger charge is 2.50. The highest BCUT2D eigenvalue weighted by Crippen LogP contribution is 2.48. The van der Waals surface area contributed by atoms with Gasteiger partial charge in [0, 0.05) is 32.1 Å². The van der Waals surface area contributed by atoms with E-state index in [1.807, 2.05) is 4.90 Å². The van der Waals surface area contributed by atoms with Gasteiger partial charge < -0.3 is 4.90 Å². The molecule has 2 heterocycles. The number of hydrogen-bond donors (Lipinski definition) is 0. The summed E-state index contributed by atoms with van der Waals surface area (Å²) < 4.78 is 25.0. The Kier molecular flexibility index (Phi) is 3.81. The van der Waals surface area contributed by atoms with Crippen LogP contribution in [0.25, 0.3) is 0 Å². The molecule has 1 saturated carbocycles. The Labute approximate surface area is 127 Å². The zero-order chi connectivity index (χ0) is 15.3. The molecule has 0 aromatic carbocycles. The van der Waals surface area contributed by atoms with E-state index in [1.165, 1.54) is 17.1 Å². The van der Waals surface area contributed by atoms with Crippen LogP contribution < -0.4 is 0 Å². The van der Waals surface area contributed by atoms with Crippen LogP contribution in [0.15, 0.2) is 0 Å². The molecule has 0 unspecified atom stereocenters. The lowest BCUT2D eigenvalue weighted by atomic mass is 9.80. The second kappa shape index (κ2) is 5.23. The van der Waals surface area contributed by atoms with Crippen LogP contribution in [0.4, 0.5) is 0 Å². The molecular formula is C15H26N2O3S. The number of hydrogen-bond acceptors (Lipinski definition) is 3. The molecule has 3 aliphatic rings. The highest BCUT2D eigenvalue weighted by atomic mass is 32.2. The number of fused-ring (bicyclic) bond motifs is 1. The predicted octanol–water partition coefficient (Wildman–Crippen LogP) is 1.45. The normalized spacial score (nSPS) is 34.3. The maximum atomic E-state index is 12.5. The van der Waals surface area contributed by atoms with E-state index in [0.717, 1.165) is 13.0 Å². The lowest BCUT2D eigenvalue weighted by Crippen LogP contribution is -2.38. The molecule has 0 aromatic heterocycles. The Morgan fingerprint density at radius 3 is 2.67 bits per heavy atom. The molecule has 0 aromatic rings. The molecule has 120 valence electrons. The van der Waals surface area contributed by atoms with E-state index in [4.69, 9.17) is 0 Å². The minimum Gasteiger partial charge on any atom is -0.339 e. The Morgan fingerprint density at radius 2 is 2.00 bits per heavy atom. The summed E-state index contributed by atoms with van der Waals surface area (Å²) in [6.07, 6.45) is 4.57. The standard InChI is InChI=1S/C15H26N2O3S/c1-15(2)11-17(13-6-3-5-12(13)15)14(18)7-9-16-8-4-10-21(16,19)20/h12-13H,3-11H2,1-2H3/t12-,13+/m0/s1. The van der Waals surface area contributed by atoms with Crippen molar-refractivity contribution in [1.82, 2.24) is 9.21 Å². The topological polar surface area (TPSA) is 57.7 Å². The Hall–Kier alpha value is -0.620. The van der Waals surface area contributed by atoms with Crippen molar-refractivity contribution in [2.24, 2.45) is 11.3 Å². The van der Waals surface area contributed by atoms with Gasteiger partial charge in [0.05, 0.1) is 5.75 Å². The van der Waals surface area contributed by atoms with Crippen molar-refractivity contribution in [2.75, 3.05) is 25.4 Å². The van der Waals surface area contributed by atoms with Crippen LogP contribution in [0.5, 0.6) is 0 Å². The van der Waals surface area contributed by atoms with E-state index in [9.17, 15) is 13.2 Å². The summed E-state index contributed by atoms with van der Waals surface area (Å²) in [5.41, 5.74) is 0.205. The molecule has 21 heavy (non-hydrogen) atoms. The van der Waals surface area contributed by atoms with Crippen LogP contribution in [0.2, 0.25) is 0 Å². The first-order valence-corrected chi connectivity index (χ1v) is 9.69. The van der Waals surface area contributed by atoms with Crippen LogP contribution in [0.3, 0.4) is 0 Å². The van der Waals surface area contributed by atoms with Gasteiger partial charge in [0.1, 0.15) is 0 Å². The lowest BCUT2D eigenvalue weighted by Gasteiger charge is -2.25. The van der Waals surface area contributed by atoms with Gasteiger partial charge in [-0.2, -0.15) is 0 Å². The van der Waals surface area contributed by atoms with Crippen molar-refractivity contribution < 1.29 is 13.2 Å². The number of rotatable bonds is 3. The SMILES string of the molecule is CC1(C)CN(C(=O)CCN2CCCS2(=O)=O)[C@@H]2CCC[C@@H]21. The minimum absolute atomic E-state index is 0.138. The summed E-state index contributed by atoms with van der Waals surface area (Å²) >= 11 is 0. The van der Waals surface area contributed by atoms with Gasteiger partial charge in [-0.1, -0.05) is 20.3 Å². The monoisotopic (exact) mass is 314 g/mol. The first-order chi connectivity index (χ1) is 9.81. The molecular weight excluding hydrogens is 288 g/mol. The minimum atomic E-state index is -3.08. The average Bonchev–Trinajstić information content (AvgIpc) is 3.04.